The van der Waals surface area contributed by atoms with Crippen LogP contribution in [0, 0.1) is 5.92 Å². The van der Waals surface area contributed by atoms with Gasteiger partial charge in [-0.1, -0.05) is 105 Å². The molecular formula is C39H51N6O5PS2Si. The fourth-order valence-corrected chi connectivity index (χ4v) is 20.2. The zero-order valence-electron chi connectivity index (χ0n) is 32.1. The van der Waals surface area contributed by atoms with E-state index in [1.54, 1.807) is 33.5 Å². The van der Waals surface area contributed by atoms with E-state index in [-0.39, 0.29) is 39.5 Å². The van der Waals surface area contributed by atoms with E-state index in [2.05, 4.69) is 110 Å². The van der Waals surface area contributed by atoms with Crippen molar-refractivity contribution >= 4 is 71.0 Å². The van der Waals surface area contributed by atoms with E-state index in [0.717, 1.165) is 19.3 Å². The second kappa shape index (κ2) is 15.2. The number of ether oxygens (including phenoxy) is 1. The Morgan fingerprint density at radius 1 is 1.19 bits per heavy atom. The normalized spacial score (nSPS) is 28.8. The fraction of sp³-hybridized carbons (Fsp3) is 0.487. The number of H-pyrrole nitrogens is 1. The number of hydrogen-bond acceptors (Lipinski definition) is 10. The zero-order valence-corrected chi connectivity index (χ0v) is 35.6. The molecule has 54 heavy (non-hydrogen) atoms. The molecule has 3 aliphatic rings. The van der Waals surface area contributed by atoms with Gasteiger partial charge in [-0.3, -0.25) is 14.3 Å². The van der Waals surface area contributed by atoms with E-state index in [1.165, 1.54) is 15.9 Å². The molecule has 4 aromatic rings. The van der Waals surface area contributed by atoms with E-state index in [9.17, 15) is 4.79 Å². The largest absolute Gasteiger partial charge is 0.405 e. The average molecular weight is 807 g/mol. The van der Waals surface area contributed by atoms with Crippen molar-refractivity contribution in [1.29, 1.82) is 0 Å². The molecule has 3 fully saturated rings. The molecule has 0 bridgehead atoms. The summed E-state index contributed by atoms with van der Waals surface area (Å²) in [5.74, 6) is 0.588. The van der Waals surface area contributed by atoms with Crippen molar-refractivity contribution in [2.24, 2.45) is 10.9 Å². The standard InChI is InChI=1S/C39H51N6O5PS2Si/c1-26(2)27-19-20-39(6)32(21-27)50-51(52,53-39)49-30-22-33(45-25-40-34-35(45)42-37(43-36(34)46)41-24-44(7)8)48-31(30)23-47-54(38(3,4)5,28-15-11-9-12-16-28)29-17-13-10-14-18-29/h9-18,24-25,27,30-33H,1,19-23H2,2-8H3,(H,42,43,46)/b41-24-/t27-,30+,31-,32+,33-,39+,51?/m1/s1. The first kappa shape index (κ1) is 39.3. The van der Waals surface area contributed by atoms with Crippen LogP contribution in [0.3, 0.4) is 0 Å². The van der Waals surface area contributed by atoms with Gasteiger partial charge < -0.3 is 23.1 Å². The minimum Gasteiger partial charge on any atom is -0.405 e. The number of benzene rings is 2. The third-order valence-corrected chi connectivity index (χ3v) is 21.7. The molecule has 0 radical (unpaired) electrons. The Morgan fingerprint density at radius 3 is 2.46 bits per heavy atom. The van der Waals surface area contributed by atoms with Crippen molar-refractivity contribution in [3.8, 4) is 0 Å². The van der Waals surface area contributed by atoms with E-state index in [0.29, 0.717) is 18.0 Å². The van der Waals surface area contributed by atoms with Gasteiger partial charge in [-0.05, 0) is 66.2 Å². The summed E-state index contributed by atoms with van der Waals surface area (Å²) < 4.78 is 29.9. The Hall–Kier alpha value is -2.94. The first-order valence-electron chi connectivity index (χ1n) is 18.5. The molecule has 7 atom stereocenters. The molecule has 2 saturated heterocycles. The Bertz CT molecular complexity index is 2090. The SMILES string of the molecule is C=C(C)[C@@H]1CC[C@]2(C)SP(=S)(O[C@H]3C[C@H](n4cnc5c(=O)[nH]c(/N=C\N(C)C)nc54)O[C@@H]3CO[Si](c3ccccc3)(c3ccccc3)C(C)(C)C)O[C@H]2C1. The predicted octanol–water partition coefficient (Wildman–Crippen LogP) is 7.08. The molecule has 0 spiro atoms. The summed E-state index contributed by atoms with van der Waals surface area (Å²) in [5.41, 5.74) is -1.41. The van der Waals surface area contributed by atoms with Gasteiger partial charge in [0.25, 0.3) is 13.9 Å². The monoisotopic (exact) mass is 806 g/mol. The average Bonchev–Trinajstić information content (AvgIpc) is 3.80. The molecule has 2 aliphatic heterocycles. The molecule has 15 heteroatoms. The lowest BCUT2D eigenvalue weighted by atomic mass is 9.77. The van der Waals surface area contributed by atoms with Crippen LogP contribution in [0.15, 0.2) is 88.9 Å². The van der Waals surface area contributed by atoms with Crippen LogP contribution in [-0.2, 0) is 30.0 Å². The fourth-order valence-electron chi connectivity index (χ4n) is 8.06. The highest BCUT2D eigenvalue weighted by Gasteiger charge is 2.56. The van der Waals surface area contributed by atoms with Gasteiger partial charge in [0, 0.05) is 25.3 Å². The number of fused-ring (bicyclic) bond motifs is 2. The maximum absolute atomic E-state index is 13.1. The van der Waals surface area contributed by atoms with Gasteiger partial charge in [0.15, 0.2) is 11.2 Å². The van der Waals surface area contributed by atoms with E-state index in [1.807, 2.05) is 26.2 Å². The number of allylic oxidation sites excluding steroid dienone is 1. The first-order chi connectivity index (χ1) is 25.6. The van der Waals surface area contributed by atoms with E-state index in [4.69, 9.17) is 30.0 Å². The van der Waals surface area contributed by atoms with Crippen LogP contribution in [0.5, 0.6) is 0 Å². The zero-order chi connectivity index (χ0) is 38.5. The van der Waals surface area contributed by atoms with Crippen molar-refractivity contribution in [2.75, 3.05) is 20.7 Å². The summed E-state index contributed by atoms with van der Waals surface area (Å²) in [4.78, 5) is 31.1. The van der Waals surface area contributed by atoms with Crippen LogP contribution in [0.4, 0.5) is 5.95 Å². The van der Waals surface area contributed by atoms with Crippen molar-refractivity contribution in [2.45, 2.75) is 94.6 Å². The van der Waals surface area contributed by atoms with Crippen LogP contribution in [0.1, 0.15) is 66.5 Å². The van der Waals surface area contributed by atoms with Crippen LogP contribution in [-0.4, -0.2) is 82.8 Å². The van der Waals surface area contributed by atoms with E-state index < -0.39 is 32.4 Å². The quantitative estimate of drug-likeness (QED) is 0.0555. The molecule has 1 unspecified atom stereocenters. The predicted molar refractivity (Wildman–Crippen MR) is 224 cm³/mol. The van der Waals surface area contributed by atoms with Crippen molar-refractivity contribution < 1.29 is 18.2 Å². The number of rotatable bonds is 11. The molecule has 0 amide bonds. The maximum Gasteiger partial charge on any atom is 0.280 e. The lowest BCUT2D eigenvalue weighted by Gasteiger charge is -2.43. The molecule has 2 aromatic carbocycles. The summed E-state index contributed by atoms with van der Waals surface area (Å²) >= 11 is 8.04. The number of nitrogens with zero attached hydrogens (tertiary/aromatic N) is 5. The van der Waals surface area contributed by atoms with E-state index >= 15 is 0 Å². The van der Waals surface area contributed by atoms with Crippen molar-refractivity contribution in [3.05, 3.63) is 89.5 Å². The van der Waals surface area contributed by atoms with Gasteiger partial charge in [0.1, 0.15) is 12.3 Å². The second-order valence-electron chi connectivity index (χ2n) is 16.2. The van der Waals surface area contributed by atoms with Crippen molar-refractivity contribution in [3.63, 3.8) is 0 Å². The summed E-state index contributed by atoms with van der Waals surface area (Å²) in [7, 11) is 0.772. The number of imidazole rings is 1. The number of aliphatic imine (C=N–C) groups is 1. The Balaban J connectivity index is 1.25. The molecule has 1 saturated carbocycles. The Kier molecular flexibility index (Phi) is 11.1. The first-order valence-corrected chi connectivity index (χ1v) is 24.5. The number of nitrogens with one attached hydrogen (secondary N) is 1. The van der Waals surface area contributed by atoms with Crippen LogP contribution < -0.4 is 15.9 Å². The van der Waals surface area contributed by atoms with Crippen molar-refractivity contribution in [1.82, 2.24) is 24.4 Å². The Labute approximate surface area is 328 Å². The highest BCUT2D eigenvalue weighted by Crippen LogP contribution is 2.76. The molecule has 11 nitrogen and oxygen atoms in total. The topological polar surface area (TPSA) is 116 Å². The smallest absolute Gasteiger partial charge is 0.280 e. The van der Waals surface area contributed by atoms with Gasteiger partial charge in [0.2, 0.25) is 11.6 Å². The second-order valence-corrected chi connectivity index (χ2v) is 27.0. The van der Waals surface area contributed by atoms with Gasteiger partial charge in [-0.15, -0.1) is 0 Å². The number of hydrogen-bond donors (Lipinski definition) is 1. The highest BCUT2D eigenvalue weighted by molar-refractivity contribution is 8.68. The van der Waals surface area contributed by atoms with Crippen LogP contribution in [0.2, 0.25) is 5.04 Å². The third-order valence-electron chi connectivity index (χ3n) is 10.9. The minimum absolute atomic E-state index is 0.0108. The molecule has 7 rings (SSSR count). The highest BCUT2D eigenvalue weighted by atomic mass is 32.9. The lowest BCUT2D eigenvalue weighted by molar-refractivity contribution is -0.0364. The summed E-state index contributed by atoms with van der Waals surface area (Å²) in [6, 6.07) is 21.1. The molecule has 2 aromatic heterocycles. The van der Waals surface area contributed by atoms with Gasteiger partial charge in [-0.2, -0.15) is 4.98 Å². The molecular weight excluding hydrogens is 756 g/mol. The summed E-state index contributed by atoms with van der Waals surface area (Å²) in [5, 5.41) is 2.12. The molecule has 4 heterocycles. The minimum atomic E-state index is -2.92. The van der Waals surface area contributed by atoms with Crippen LogP contribution in [0.25, 0.3) is 11.2 Å². The third kappa shape index (κ3) is 7.60. The Morgan fingerprint density at radius 2 is 1.85 bits per heavy atom. The molecule has 288 valence electrons. The maximum atomic E-state index is 13.1. The number of aromatic nitrogens is 4. The lowest BCUT2D eigenvalue weighted by Crippen LogP contribution is -2.67. The summed E-state index contributed by atoms with van der Waals surface area (Å²) in [6.07, 6.45) is 5.03. The van der Waals surface area contributed by atoms with Gasteiger partial charge in [-0.25, -0.2) is 9.98 Å². The summed E-state index contributed by atoms with van der Waals surface area (Å²) in [6.45, 7) is 15.7. The number of aromatic amines is 1. The van der Waals surface area contributed by atoms with Gasteiger partial charge in [0.05, 0.1) is 31.5 Å². The molecule has 1 aliphatic carbocycles. The molecule has 1 N–H and O–H groups in total. The van der Waals surface area contributed by atoms with Gasteiger partial charge >= 0.3 is 0 Å². The van der Waals surface area contributed by atoms with Crippen LogP contribution >= 0.6 is 17.1 Å².